The molecule has 1 N–H and O–H groups in total. The largest absolute Gasteiger partial charge is 0.463 e. The lowest BCUT2D eigenvalue weighted by molar-refractivity contribution is -0.0247. The van der Waals surface area contributed by atoms with Gasteiger partial charge in [0.05, 0.1) is 19.3 Å². The fraction of sp³-hybridized carbons (Fsp3) is 0.667. The Labute approximate surface area is 101 Å². The maximum atomic E-state index is 5.82. The van der Waals surface area contributed by atoms with Crippen LogP contribution in [0.3, 0.4) is 0 Å². The molecule has 2 aliphatic rings. The molecule has 1 aromatic heterocycles. The van der Waals surface area contributed by atoms with Crippen molar-refractivity contribution in [3.05, 3.63) is 18.5 Å². The lowest BCUT2D eigenvalue weighted by Crippen LogP contribution is -2.47. The molecule has 2 heterocycles. The van der Waals surface area contributed by atoms with Gasteiger partial charge in [-0.1, -0.05) is 0 Å². The van der Waals surface area contributed by atoms with Crippen LogP contribution in [0.5, 0.6) is 6.01 Å². The molecule has 0 spiro atoms. The number of rotatable bonds is 3. The minimum Gasteiger partial charge on any atom is -0.463 e. The van der Waals surface area contributed by atoms with Gasteiger partial charge < -0.3 is 14.8 Å². The van der Waals surface area contributed by atoms with Gasteiger partial charge in [-0.05, 0) is 18.9 Å². The summed E-state index contributed by atoms with van der Waals surface area (Å²) in [5, 5.41) is 3.50. The van der Waals surface area contributed by atoms with Crippen molar-refractivity contribution in [3.8, 4) is 6.01 Å². The molecule has 1 aliphatic heterocycles. The molecule has 1 saturated carbocycles. The maximum absolute atomic E-state index is 5.82. The molecular weight excluding hydrogens is 218 g/mol. The van der Waals surface area contributed by atoms with Gasteiger partial charge in [-0.2, -0.15) is 0 Å². The third-order valence-corrected chi connectivity index (χ3v) is 3.50. The SMILES string of the molecule is c1cnc(OCC2CCC3NCCOC23)nc1. The highest BCUT2D eigenvalue weighted by Gasteiger charge is 2.38. The Kier molecular flexibility index (Phi) is 3.20. The smallest absolute Gasteiger partial charge is 0.316 e. The van der Waals surface area contributed by atoms with E-state index >= 15 is 0 Å². The summed E-state index contributed by atoms with van der Waals surface area (Å²) in [6.45, 7) is 2.42. The van der Waals surface area contributed by atoms with Crippen molar-refractivity contribution >= 4 is 0 Å². The first-order valence-electron chi connectivity index (χ1n) is 6.18. The Bertz CT molecular complexity index is 360. The molecular formula is C12H17N3O2. The van der Waals surface area contributed by atoms with E-state index in [0.29, 0.717) is 30.7 Å². The third kappa shape index (κ3) is 2.40. The zero-order chi connectivity index (χ0) is 11.5. The van der Waals surface area contributed by atoms with E-state index in [1.807, 2.05) is 0 Å². The Hall–Kier alpha value is -1.20. The van der Waals surface area contributed by atoms with Crippen LogP contribution >= 0.6 is 0 Å². The van der Waals surface area contributed by atoms with Crippen LogP contribution in [0.2, 0.25) is 0 Å². The maximum Gasteiger partial charge on any atom is 0.316 e. The summed E-state index contributed by atoms with van der Waals surface area (Å²) in [6, 6.07) is 2.75. The second kappa shape index (κ2) is 4.98. The molecule has 0 radical (unpaired) electrons. The molecule has 92 valence electrons. The zero-order valence-electron chi connectivity index (χ0n) is 9.71. The average Bonchev–Trinajstić information content (AvgIpc) is 2.81. The lowest BCUT2D eigenvalue weighted by Gasteiger charge is -2.30. The van der Waals surface area contributed by atoms with Gasteiger partial charge in [0.1, 0.15) is 0 Å². The molecule has 0 amide bonds. The predicted molar refractivity (Wildman–Crippen MR) is 61.8 cm³/mol. The number of nitrogens with zero attached hydrogens (tertiary/aromatic N) is 2. The zero-order valence-corrected chi connectivity index (χ0v) is 9.71. The monoisotopic (exact) mass is 235 g/mol. The van der Waals surface area contributed by atoms with Crippen molar-refractivity contribution in [1.29, 1.82) is 0 Å². The number of morpholine rings is 1. The van der Waals surface area contributed by atoms with E-state index in [1.54, 1.807) is 18.5 Å². The van der Waals surface area contributed by atoms with Gasteiger partial charge in [0, 0.05) is 30.9 Å². The van der Waals surface area contributed by atoms with E-state index in [0.717, 1.165) is 19.6 Å². The molecule has 2 fully saturated rings. The number of ether oxygens (including phenoxy) is 2. The topological polar surface area (TPSA) is 56.3 Å². The van der Waals surface area contributed by atoms with E-state index in [-0.39, 0.29) is 0 Å². The lowest BCUT2D eigenvalue weighted by atomic mass is 10.1. The molecule has 0 aromatic carbocycles. The first-order valence-corrected chi connectivity index (χ1v) is 6.18. The minimum absolute atomic E-state index is 0.299. The molecule has 3 atom stereocenters. The first kappa shape index (κ1) is 10.9. The summed E-state index contributed by atoms with van der Waals surface area (Å²) >= 11 is 0. The highest BCUT2D eigenvalue weighted by Crippen LogP contribution is 2.30. The summed E-state index contributed by atoms with van der Waals surface area (Å²) in [5.41, 5.74) is 0. The van der Waals surface area contributed by atoms with E-state index in [1.165, 1.54) is 6.42 Å². The summed E-state index contributed by atoms with van der Waals surface area (Å²) < 4.78 is 11.4. The fourth-order valence-corrected chi connectivity index (χ4v) is 2.68. The quantitative estimate of drug-likeness (QED) is 0.832. The normalized spacial score (nSPS) is 32.1. The predicted octanol–water partition coefficient (Wildman–Crippen LogP) is 0.622. The Balaban J connectivity index is 1.55. The van der Waals surface area contributed by atoms with Crippen LogP contribution < -0.4 is 10.1 Å². The van der Waals surface area contributed by atoms with Crippen molar-refractivity contribution in [3.63, 3.8) is 0 Å². The molecule has 0 bridgehead atoms. The van der Waals surface area contributed by atoms with Crippen LogP contribution in [0.25, 0.3) is 0 Å². The molecule has 5 nitrogen and oxygen atoms in total. The van der Waals surface area contributed by atoms with Crippen LogP contribution in [0.4, 0.5) is 0 Å². The Morgan fingerprint density at radius 3 is 3.12 bits per heavy atom. The fourth-order valence-electron chi connectivity index (χ4n) is 2.68. The standard InChI is InChI=1S/C12H17N3O2/c1-4-14-12(15-5-1)17-8-9-2-3-10-11(9)16-7-6-13-10/h1,4-5,9-11,13H,2-3,6-8H2. The van der Waals surface area contributed by atoms with Gasteiger partial charge in [0.2, 0.25) is 0 Å². The van der Waals surface area contributed by atoms with Crippen LogP contribution in [0.15, 0.2) is 18.5 Å². The highest BCUT2D eigenvalue weighted by atomic mass is 16.5. The van der Waals surface area contributed by atoms with E-state index in [4.69, 9.17) is 9.47 Å². The van der Waals surface area contributed by atoms with Crippen LogP contribution in [0, 0.1) is 5.92 Å². The van der Waals surface area contributed by atoms with E-state index in [2.05, 4.69) is 15.3 Å². The van der Waals surface area contributed by atoms with Gasteiger partial charge in [-0.15, -0.1) is 0 Å². The van der Waals surface area contributed by atoms with Gasteiger partial charge in [-0.25, -0.2) is 9.97 Å². The average molecular weight is 235 g/mol. The number of nitrogens with one attached hydrogen (secondary N) is 1. The summed E-state index contributed by atoms with van der Waals surface area (Å²) in [6.07, 6.45) is 6.01. The summed E-state index contributed by atoms with van der Waals surface area (Å²) in [4.78, 5) is 8.11. The van der Waals surface area contributed by atoms with Crippen molar-refractivity contribution in [2.75, 3.05) is 19.8 Å². The van der Waals surface area contributed by atoms with Crippen LogP contribution in [0.1, 0.15) is 12.8 Å². The third-order valence-electron chi connectivity index (χ3n) is 3.50. The first-order chi connectivity index (χ1) is 8.43. The molecule has 3 rings (SSSR count). The molecule has 1 saturated heterocycles. The molecule has 1 aliphatic carbocycles. The second-order valence-electron chi connectivity index (χ2n) is 4.58. The molecule has 3 unspecified atom stereocenters. The van der Waals surface area contributed by atoms with Crippen LogP contribution in [-0.2, 0) is 4.74 Å². The minimum atomic E-state index is 0.299. The van der Waals surface area contributed by atoms with E-state index < -0.39 is 0 Å². The Morgan fingerprint density at radius 1 is 1.35 bits per heavy atom. The van der Waals surface area contributed by atoms with Crippen LogP contribution in [-0.4, -0.2) is 41.9 Å². The highest BCUT2D eigenvalue weighted by molar-refractivity contribution is 4.96. The Morgan fingerprint density at radius 2 is 2.24 bits per heavy atom. The molecule has 1 aromatic rings. The van der Waals surface area contributed by atoms with Gasteiger partial charge in [0.15, 0.2) is 0 Å². The van der Waals surface area contributed by atoms with Crippen molar-refractivity contribution in [2.45, 2.75) is 25.0 Å². The van der Waals surface area contributed by atoms with Gasteiger partial charge in [0.25, 0.3) is 0 Å². The van der Waals surface area contributed by atoms with Gasteiger partial charge >= 0.3 is 6.01 Å². The summed E-state index contributed by atoms with van der Waals surface area (Å²) in [7, 11) is 0. The number of aromatic nitrogens is 2. The summed E-state index contributed by atoms with van der Waals surface area (Å²) in [5.74, 6) is 0.455. The molecule has 5 heteroatoms. The number of hydrogen-bond acceptors (Lipinski definition) is 5. The van der Waals surface area contributed by atoms with E-state index in [9.17, 15) is 0 Å². The van der Waals surface area contributed by atoms with Gasteiger partial charge in [-0.3, -0.25) is 0 Å². The van der Waals surface area contributed by atoms with Crippen molar-refractivity contribution in [2.24, 2.45) is 5.92 Å². The number of fused-ring (bicyclic) bond motifs is 1. The number of hydrogen-bond donors (Lipinski definition) is 1. The second-order valence-corrected chi connectivity index (χ2v) is 4.58. The molecule has 17 heavy (non-hydrogen) atoms. The van der Waals surface area contributed by atoms with Crippen molar-refractivity contribution < 1.29 is 9.47 Å². The van der Waals surface area contributed by atoms with Crippen molar-refractivity contribution in [1.82, 2.24) is 15.3 Å².